The van der Waals surface area contributed by atoms with Crippen LogP contribution >= 0.6 is 0 Å². The average molecular weight is 398 g/mol. The lowest BCUT2D eigenvalue weighted by molar-refractivity contribution is 0.132. The number of hydrogen-bond acceptors (Lipinski definition) is 4. The van der Waals surface area contributed by atoms with Gasteiger partial charge in [0.05, 0.1) is 6.54 Å². The van der Waals surface area contributed by atoms with Gasteiger partial charge in [-0.05, 0) is 48.9 Å². The van der Waals surface area contributed by atoms with E-state index in [4.69, 9.17) is 0 Å². The van der Waals surface area contributed by atoms with Crippen molar-refractivity contribution in [1.82, 2.24) is 19.8 Å². The second-order valence-corrected chi connectivity index (χ2v) is 8.39. The fourth-order valence-corrected chi connectivity index (χ4v) is 4.22. The standard InChI is InChI=1S/C22H31N5O2/c1-16-10-17(2)13-26(12-16)14-18(3)24-21(28)25-20-7-4-6-19(11-20)15-27-9-5-8-23-22(27)29/h4-9,11,16-18H,10,12-15H2,1-3H3,(H2,24,25,28)/t16-,17-,18-/m1/s1. The predicted molar refractivity (Wildman–Crippen MR) is 115 cm³/mol. The van der Waals surface area contributed by atoms with Gasteiger partial charge in [-0.3, -0.25) is 4.57 Å². The van der Waals surface area contributed by atoms with Gasteiger partial charge in [0.25, 0.3) is 0 Å². The molecule has 29 heavy (non-hydrogen) atoms. The summed E-state index contributed by atoms with van der Waals surface area (Å²) in [5.41, 5.74) is 1.32. The van der Waals surface area contributed by atoms with Crippen molar-refractivity contribution < 1.29 is 4.79 Å². The molecule has 1 aromatic heterocycles. The summed E-state index contributed by atoms with van der Waals surface area (Å²) in [5, 5.41) is 5.92. The Morgan fingerprint density at radius 3 is 2.72 bits per heavy atom. The number of rotatable bonds is 6. The highest BCUT2D eigenvalue weighted by Crippen LogP contribution is 2.20. The summed E-state index contributed by atoms with van der Waals surface area (Å²) in [7, 11) is 0. The van der Waals surface area contributed by atoms with Crippen LogP contribution in [0.15, 0.2) is 47.5 Å². The number of nitrogens with zero attached hydrogens (tertiary/aromatic N) is 3. The summed E-state index contributed by atoms with van der Waals surface area (Å²) < 4.78 is 1.53. The fraction of sp³-hybridized carbons (Fsp3) is 0.500. The number of aromatic nitrogens is 2. The molecule has 1 aliphatic heterocycles. The van der Waals surface area contributed by atoms with E-state index in [9.17, 15) is 9.59 Å². The smallest absolute Gasteiger partial charge is 0.334 e. The molecular formula is C22H31N5O2. The summed E-state index contributed by atoms with van der Waals surface area (Å²) in [6.07, 6.45) is 4.46. The minimum Gasteiger partial charge on any atom is -0.334 e. The molecule has 0 spiro atoms. The topological polar surface area (TPSA) is 79.3 Å². The van der Waals surface area contributed by atoms with Crippen LogP contribution in [-0.2, 0) is 6.54 Å². The Bertz CT molecular complexity index is 871. The Balaban J connectivity index is 1.52. The lowest BCUT2D eigenvalue weighted by atomic mass is 9.92. The zero-order chi connectivity index (χ0) is 20.8. The summed E-state index contributed by atoms with van der Waals surface area (Å²) in [6, 6.07) is 9.07. The normalized spacial score (nSPS) is 20.8. The zero-order valence-electron chi connectivity index (χ0n) is 17.5. The van der Waals surface area contributed by atoms with E-state index in [1.165, 1.54) is 17.2 Å². The highest BCUT2D eigenvalue weighted by molar-refractivity contribution is 5.89. The summed E-state index contributed by atoms with van der Waals surface area (Å²) >= 11 is 0. The van der Waals surface area contributed by atoms with Gasteiger partial charge in [0, 0.05) is 43.8 Å². The Morgan fingerprint density at radius 1 is 1.24 bits per heavy atom. The van der Waals surface area contributed by atoms with E-state index in [1.807, 2.05) is 31.2 Å². The van der Waals surface area contributed by atoms with Crippen LogP contribution in [0.5, 0.6) is 0 Å². The highest BCUT2D eigenvalue weighted by Gasteiger charge is 2.23. The number of hydrogen-bond donors (Lipinski definition) is 2. The molecule has 156 valence electrons. The largest absolute Gasteiger partial charge is 0.347 e. The van der Waals surface area contributed by atoms with Gasteiger partial charge in [-0.1, -0.05) is 26.0 Å². The molecule has 0 saturated carbocycles. The maximum absolute atomic E-state index is 12.4. The first-order chi connectivity index (χ1) is 13.9. The van der Waals surface area contributed by atoms with Gasteiger partial charge in [0.15, 0.2) is 0 Å². The molecule has 3 atom stereocenters. The summed E-state index contributed by atoms with van der Waals surface area (Å²) in [5.74, 6) is 1.41. The van der Waals surface area contributed by atoms with Crippen LogP contribution in [0.2, 0.25) is 0 Å². The Morgan fingerprint density at radius 2 is 2.00 bits per heavy atom. The van der Waals surface area contributed by atoms with Gasteiger partial charge in [0.2, 0.25) is 0 Å². The van der Waals surface area contributed by atoms with Crippen molar-refractivity contribution in [2.24, 2.45) is 11.8 Å². The number of nitrogens with one attached hydrogen (secondary N) is 2. The molecule has 0 unspecified atom stereocenters. The van der Waals surface area contributed by atoms with Crippen molar-refractivity contribution in [3.8, 4) is 0 Å². The van der Waals surface area contributed by atoms with Gasteiger partial charge < -0.3 is 15.5 Å². The fourth-order valence-electron chi connectivity index (χ4n) is 4.22. The first-order valence-electron chi connectivity index (χ1n) is 10.3. The van der Waals surface area contributed by atoms with Crippen molar-refractivity contribution >= 4 is 11.7 Å². The molecule has 2 amide bonds. The number of urea groups is 1. The highest BCUT2D eigenvalue weighted by atomic mass is 16.2. The minimum atomic E-state index is -0.293. The molecule has 7 nitrogen and oxygen atoms in total. The molecule has 7 heteroatoms. The molecule has 1 aliphatic rings. The second kappa shape index (κ2) is 9.69. The third-order valence-corrected chi connectivity index (χ3v) is 5.17. The lowest BCUT2D eigenvalue weighted by Crippen LogP contribution is -2.47. The third kappa shape index (κ3) is 6.42. The quantitative estimate of drug-likeness (QED) is 0.786. The van der Waals surface area contributed by atoms with E-state index in [1.54, 1.807) is 12.3 Å². The monoisotopic (exact) mass is 397 g/mol. The van der Waals surface area contributed by atoms with Crippen molar-refractivity contribution in [3.05, 3.63) is 58.8 Å². The van der Waals surface area contributed by atoms with Crippen LogP contribution in [0, 0.1) is 11.8 Å². The molecule has 2 N–H and O–H groups in total. The molecule has 1 fully saturated rings. The zero-order valence-corrected chi connectivity index (χ0v) is 17.5. The van der Waals surface area contributed by atoms with Crippen LogP contribution < -0.4 is 16.3 Å². The molecule has 3 rings (SSSR count). The van der Waals surface area contributed by atoms with Crippen molar-refractivity contribution in [3.63, 3.8) is 0 Å². The SMILES string of the molecule is C[C@@H]1C[C@@H](C)CN(C[C@@H](C)NC(=O)Nc2cccc(Cn3cccnc3=O)c2)C1. The number of carbonyl (C=O) groups is 1. The van der Waals surface area contributed by atoms with Crippen LogP contribution in [0.4, 0.5) is 10.5 Å². The Hall–Kier alpha value is -2.67. The van der Waals surface area contributed by atoms with Crippen molar-refractivity contribution in [2.75, 3.05) is 25.0 Å². The van der Waals surface area contributed by atoms with E-state index in [2.05, 4.69) is 34.4 Å². The molecule has 0 bridgehead atoms. The Labute approximate surface area is 172 Å². The number of amides is 2. The Kier molecular flexibility index (Phi) is 7.04. The van der Waals surface area contributed by atoms with Crippen molar-refractivity contribution in [2.45, 2.75) is 39.8 Å². The van der Waals surface area contributed by atoms with Crippen LogP contribution in [-0.4, -0.2) is 46.2 Å². The lowest BCUT2D eigenvalue weighted by Gasteiger charge is -2.36. The first kappa shape index (κ1) is 21.0. The van der Waals surface area contributed by atoms with Crippen LogP contribution in [0.1, 0.15) is 32.8 Å². The second-order valence-electron chi connectivity index (χ2n) is 8.39. The number of piperidine rings is 1. The molecule has 2 aromatic rings. The van der Waals surface area contributed by atoms with E-state index >= 15 is 0 Å². The number of anilines is 1. The van der Waals surface area contributed by atoms with E-state index in [0.29, 0.717) is 24.1 Å². The van der Waals surface area contributed by atoms with Crippen molar-refractivity contribution in [1.29, 1.82) is 0 Å². The third-order valence-electron chi connectivity index (χ3n) is 5.17. The molecule has 0 aliphatic carbocycles. The molecule has 0 radical (unpaired) electrons. The van der Waals surface area contributed by atoms with Gasteiger partial charge in [-0.2, -0.15) is 0 Å². The number of likely N-dealkylation sites (tertiary alicyclic amines) is 1. The maximum Gasteiger partial charge on any atom is 0.347 e. The summed E-state index contributed by atoms with van der Waals surface area (Å²) in [4.78, 5) is 30.4. The van der Waals surface area contributed by atoms with E-state index in [0.717, 1.165) is 25.2 Å². The minimum absolute atomic E-state index is 0.0599. The predicted octanol–water partition coefficient (Wildman–Crippen LogP) is 2.78. The molecular weight excluding hydrogens is 366 g/mol. The van der Waals surface area contributed by atoms with Gasteiger partial charge in [-0.25, -0.2) is 14.6 Å². The van der Waals surface area contributed by atoms with E-state index in [-0.39, 0.29) is 17.8 Å². The molecule has 1 saturated heterocycles. The van der Waals surface area contributed by atoms with E-state index < -0.39 is 0 Å². The molecule has 1 aromatic carbocycles. The van der Waals surface area contributed by atoms with Gasteiger partial charge >= 0.3 is 11.7 Å². The van der Waals surface area contributed by atoms with Gasteiger partial charge in [0.1, 0.15) is 0 Å². The van der Waals surface area contributed by atoms with Crippen LogP contribution in [0.25, 0.3) is 0 Å². The first-order valence-corrected chi connectivity index (χ1v) is 10.3. The molecule has 2 heterocycles. The maximum atomic E-state index is 12.4. The number of carbonyl (C=O) groups excluding carboxylic acids is 1. The summed E-state index contributed by atoms with van der Waals surface area (Å²) in [6.45, 7) is 10.1. The number of benzene rings is 1. The van der Waals surface area contributed by atoms with Crippen LogP contribution in [0.3, 0.4) is 0 Å². The average Bonchev–Trinajstić information content (AvgIpc) is 2.62. The van der Waals surface area contributed by atoms with Gasteiger partial charge in [-0.15, -0.1) is 0 Å².